The van der Waals surface area contributed by atoms with Gasteiger partial charge < -0.3 is 4.74 Å². The Morgan fingerprint density at radius 2 is 1.68 bits per heavy atom. The molecule has 2 aromatic rings. The molecule has 178 valence electrons. The van der Waals surface area contributed by atoms with E-state index in [9.17, 15) is 8.78 Å². The van der Waals surface area contributed by atoms with Crippen LogP contribution in [0.2, 0.25) is 0 Å². The van der Waals surface area contributed by atoms with Gasteiger partial charge in [0.05, 0.1) is 11.1 Å². The standard InChI is InChI=1S/C30H31F3O/c1-3-5-20-6-7-24-18-25(11-10-23(24)17-20)27-15-13-22(29(32)30(27)33)9-8-21-12-14-26(19-28(21)31)34-16-4-2/h3-5,12-15,19-20,23-25H,2,6-7,10-11,16-18H2,1H3/b5-3+. The molecule has 2 aliphatic carbocycles. The van der Waals surface area contributed by atoms with Crippen molar-refractivity contribution in [2.75, 3.05) is 6.61 Å². The van der Waals surface area contributed by atoms with E-state index in [-0.39, 0.29) is 23.7 Å². The summed E-state index contributed by atoms with van der Waals surface area (Å²) in [5.41, 5.74) is 0.488. The highest BCUT2D eigenvalue weighted by Crippen LogP contribution is 2.48. The largest absolute Gasteiger partial charge is 0.489 e. The van der Waals surface area contributed by atoms with Crippen LogP contribution in [0.25, 0.3) is 0 Å². The zero-order valence-electron chi connectivity index (χ0n) is 19.6. The third-order valence-electron chi connectivity index (χ3n) is 7.31. The van der Waals surface area contributed by atoms with E-state index in [0.717, 1.165) is 25.7 Å². The summed E-state index contributed by atoms with van der Waals surface area (Å²) in [7, 11) is 0. The highest BCUT2D eigenvalue weighted by molar-refractivity contribution is 5.47. The quantitative estimate of drug-likeness (QED) is 0.322. The first kappa shape index (κ1) is 24.2. The number of halogens is 3. The van der Waals surface area contributed by atoms with Gasteiger partial charge in [-0.3, -0.25) is 0 Å². The zero-order chi connectivity index (χ0) is 24.1. The molecule has 2 aromatic carbocycles. The van der Waals surface area contributed by atoms with E-state index in [1.807, 2.05) is 0 Å². The molecule has 0 aliphatic heterocycles. The average molecular weight is 465 g/mol. The van der Waals surface area contributed by atoms with Crippen molar-refractivity contribution in [3.8, 4) is 17.6 Å². The third kappa shape index (κ3) is 5.41. The molecule has 2 saturated carbocycles. The van der Waals surface area contributed by atoms with Gasteiger partial charge in [0.2, 0.25) is 0 Å². The summed E-state index contributed by atoms with van der Waals surface area (Å²) in [6.45, 7) is 5.88. The molecule has 2 aliphatic rings. The predicted molar refractivity (Wildman–Crippen MR) is 130 cm³/mol. The number of allylic oxidation sites excluding steroid dienone is 2. The van der Waals surface area contributed by atoms with Crippen LogP contribution in [0, 0.1) is 47.0 Å². The van der Waals surface area contributed by atoms with Crippen LogP contribution in [0.5, 0.6) is 5.75 Å². The van der Waals surface area contributed by atoms with Crippen molar-refractivity contribution in [3.63, 3.8) is 0 Å². The van der Waals surface area contributed by atoms with Gasteiger partial charge in [0.25, 0.3) is 0 Å². The fourth-order valence-electron chi connectivity index (χ4n) is 5.61. The first-order valence-corrected chi connectivity index (χ1v) is 12.2. The number of ether oxygens (including phenoxy) is 1. The van der Waals surface area contributed by atoms with Gasteiger partial charge in [-0.15, -0.1) is 0 Å². The van der Waals surface area contributed by atoms with Crippen LogP contribution in [0.1, 0.15) is 68.1 Å². The predicted octanol–water partition coefficient (Wildman–Crippen LogP) is 7.94. The molecule has 1 nitrogen and oxygen atoms in total. The van der Waals surface area contributed by atoms with Crippen molar-refractivity contribution in [2.24, 2.45) is 17.8 Å². The Bertz CT molecular complexity index is 1120. The van der Waals surface area contributed by atoms with E-state index < -0.39 is 17.5 Å². The molecule has 0 radical (unpaired) electrons. The van der Waals surface area contributed by atoms with Crippen LogP contribution in [0.15, 0.2) is 55.1 Å². The van der Waals surface area contributed by atoms with Crippen LogP contribution in [-0.2, 0) is 0 Å². The van der Waals surface area contributed by atoms with Gasteiger partial charge in [-0.1, -0.05) is 42.7 Å². The Hall–Kier alpha value is -2.93. The van der Waals surface area contributed by atoms with Gasteiger partial charge in [-0.05, 0) is 92.9 Å². The Balaban J connectivity index is 1.47. The molecule has 0 amide bonds. The van der Waals surface area contributed by atoms with Gasteiger partial charge in [-0.25, -0.2) is 13.2 Å². The summed E-state index contributed by atoms with van der Waals surface area (Å²) in [6, 6.07) is 7.46. The first-order chi connectivity index (χ1) is 16.5. The average Bonchev–Trinajstić information content (AvgIpc) is 2.84. The molecule has 4 unspecified atom stereocenters. The molecule has 0 bridgehead atoms. The molecule has 0 N–H and O–H groups in total. The lowest BCUT2D eigenvalue weighted by molar-refractivity contribution is 0.132. The van der Waals surface area contributed by atoms with Gasteiger partial charge in [0.15, 0.2) is 11.6 Å². The molecular formula is C30H31F3O. The van der Waals surface area contributed by atoms with Gasteiger partial charge in [0, 0.05) is 6.07 Å². The summed E-state index contributed by atoms with van der Waals surface area (Å²) in [5.74, 6) is 5.21. The van der Waals surface area contributed by atoms with Crippen LogP contribution in [-0.4, -0.2) is 6.61 Å². The number of hydrogen-bond acceptors (Lipinski definition) is 1. The van der Waals surface area contributed by atoms with Crippen molar-refractivity contribution < 1.29 is 17.9 Å². The second-order valence-corrected chi connectivity index (χ2v) is 9.45. The van der Waals surface area contributed by atoms with Crippen LogP contribution in [0.3, 0.4) is 0 Å². The first-order valence-electron chi connectivity index (χ1n) is 12.2. The monoisotopic (exact) mass is 464 g/mol. The van der Waals surface area contributed by atoms with Crippen LogP contribution in [0.4, 0.5) is 13.2 Å². The van der Waals surface area contributed by atoms with Gasteiger partial charge in [0.1, 0.15) is 18.2 Å². The number of benzene rings is 2. The molecular weight excluding hydrogens is 433 g/mol. The molecule has 0 aromatic heterocycles. The van der Waals surface area contributed by atoms with Crippen molar-refractivity contribution in [1.82, 2.24) is 0 Å². The molecule has 0 saturated heterocycles. The molecule has 2 fully saturated rings. The maximum absolute atomic E-state index is 15.1. The number of hydrogen-bond donors (Lipinski definition) is 0. The number of fused-ring (bicyclic) bond motifs is 1. The van der Waals surface area contributed by atoms with E-state index in [1.54, 1.807) is 18.2 Å². The van der Waals surface area contributed by atoms with E-state index >= 15 is 4.39 Å². The normalized spacial score (nSPS) is 24.2. The smallest absolute Gasteiger partial charge is 0.174 e. The Morgan fingerprint density at radius 3 is 2.44 bits per heavy atom. The second-order valence-electron chi connectivity index (χ2n) is 9.45. The molecule has 34 heavy (non-hydrogen) atoms. The molecule has 0 heterocycles. The molecule has 0 spiro atoms. The lowest BCUT2D eigenvalue weighted by Gasteiger charge is -2.41. The highest BCUT2D eigenvalue weighted by Gasteiger charge is 2.36. The number of rotatable bonds is 5. The lowest BCUT2D eigenvalue weighted by atomic mass is 9.64. The van der Waals surface area contributed by atoms with E-state index in [1.165, 1.54) is 31.0 Å². The summed E-state index contributed by atoms with van der Waals surface area (Å²) in [4.78, 5) is 0. The van der Waals surface area contributed by atoms with Crippen molar-refractivity contribution in [1.29, 1.82) is 0 Å². The summed E-state index contributed by atoms with van der Waals surface area (Å²) >= 11 is 0. The molecule has 4 heteroatoms. The maximum atomic E-state index is 15.1. The topological polar surface area (TPSA) is 9.23 Å². The summed E-state index contributed by atoms with van der Waals surface area (Å²) in [6.07, 6.45) is 12.4. The Kier molecular flexibility index (Phi) is 7.83. The minimum absolute atomic E-state index is 0.0385. The van der Waals surface area contributed by atoms with E-state index in [4.69, 9.17) is 4.74 Å². The third-order valence-corrected chi connectivity index (χ3v) is 7.31. The fraction of sp³-hybridized carbons (Fsp3) is 0.400. The van der Waals surface area contributed by atoms with Crippen LogP contribution >= 0.6 is 0 Å². The van der Waals surface area contributed by atoms with Crippen LogP contribution < -0.4 is 4.74 Å². The highest BCUT2D eigenvalue weighted by atomic mass is 19.2. The van der Waals surface area contributed by atoms with Crippen molar-refractivity contribution >= 4 is 0 Å². The van der Waals surface area contributed by atoms with Crippen molar-refractivity contribution in [2.45, 2.75) is 51.4 Å². The van der Waals surface area contributed by atoms with E-state index in [2.05, 4.69) is 37.5 Å². The molecule has 4 atom stereocenters. The maximum Gasteiger partial charge on any atom is 0.174 e. The van der Waals surface area contributed by atoms with E-state index in [0.29, 0.717) is 29.1 Å². The SMILES string of the molecule is C=CCOc1ccc(C#Cc2ccc(C3CCC4CC(/C=C/C)CCC4C3)c(F)c2F)c(F)c1. The summed E-state index contributed by atoms with van der Waals surface area (Å²) < 4.78 is 49.5. The van der Waals surface area contributed by atoms with Gasteiger partial charge in [-0.2, -0.15) is 0 Å². The summed E-state index contributed by atoms with van der Waals surface area (Å²) in [5, 5.41) is 0. The van der Waals surface area contributed by atoms with Gasteiger partial charge >= 0.3 is 0 Å². The minimum atomic E-state index is -0.949. The minimum Gasteiger partial charge on any atom is -0.489 e. The Morgan fingerprint density at radius 1 is 0.941 bits per heavy atom. The van der Waals surface area contributed by atoms with Crippen molar-refractivity contribution in [3.05, 3.63) is 89.3 Å². The lowest BCUT2D eigenvalue weighted by Crippen LogP contribution is -2.30. The molecule has 4 rings (SSSR count). The Labute approximate surface area is 200 Å². The zero-order valence-corrected chi connectivity index (χ0v) is 19.6. The second kappa shape index (κ2) is 11.0. The fourth-order valence-corrected chi connectivity index (χ4v) is 5.61.